The van der Waals surface area contributed by atoms with Crippen molar-refractivity contribution in [2.45, 2.75) is 17.7 Å². The van der Waals surface area contributed by atoms with Crippen LogP contribution in [0.5, 0.6) is 5.75 Å². The predicted molar refractivity (Wildman–Crippen MR) is 92.7 cm³/mol. The Morgan fingerprint density at radius 3 is 2.20 bits per heavy atom. The van der Waals surface area contributed by atoms with Crippen LogP contribution in [0.4, 0.5) is 8.78 Å². The minimum atomic E-state index is -4.11. The Labute approximate surface area is 152 Å². The lowest BCUT2D eigenvalue weighted by atomic mass is 10.3. The Kier molecular flexibility index (Phi) is 9.23. The predicted octanol–water partition coefficient (Wildman–Crippen LogP) is 0.794. The molecule has 0 saturated heterocycles. The number of rotatable bonds is 10. The molecule has 0 spiro atoms. The molecule has 7 nitrogen and oxygen atoms in total. The van der Waals surface area contributed by atoms with Gasteiger partial charge in [0.1, 0.15) is 12.4 Å². The van der Waals surface area contributed by atoms with Crippen LogP contribution in [-0.2, 0) is 19.9 Å². The average Bonchev–Trinajstić information content (AvgIpc) is 2.54. The molecule has 1 rings (SSSR count). The number of halogens is 3. The van der Waals surface area contributed by atoms with Crippen molar-refractivity contribution in [3.05, 3.63) is 24.3 Å². The molecule has 0 heterocycles. The second-order valence-electron chi connectivity index (χ2n) is 4.94. The number of hydrogen-bond acceptors (Lipinski definition) is 6. The summed E-state index contributed by atoms with van der Waals surface area (Å²) in [6.45, 7) is -0.610. The molecular formula is C13H21ClF2N2O5S2. The third-order valence-electron chi connectivity index (χ3n) is 3.06. The molecule has 0 aromatic heterocycles. The molecule has 0 aliphatic rings. The molecule has 0 aliphatic heterocycles. The fraction of sp³-hybridized carbons (Fsp3) is 0.538. The second kappa shape index (κ2) is 9.62. The first kappa shape index (κ1) is 24.0. The van der Waals surface area contributed by atoms with Crippen LogP contribution in [0.25, 0.3) is 0 Å². The van der Waals surface area contributed by atoms with Gasteiger partial charge in [-0.15, -0.1) is 12.4 Å². The zero-order chi connectivity index (χ0) is 18.4. The van der Waals surface area contributed by atoms with Gasteiger partial charge in [0, 0.05) is 5.75 Å². The maximum absolute atomic E-state index is 13.0. The van der Waals surface area contributed by atoms with Crippen molar-refractivity contribution in [1.29, 1.82) is 0 Å². The van der Waals surface area contributed by atoms with Crippen LogP contribution < -0.4 is 15.2 Å². The number of alkyl halides is 2. The van der Waals surface area contributed by atoms with Gasteiger partial charge in [-0.05, 0) is 24.3 Å². The summed E-state index contributed by atoms with van der Waals surface area (Å²) >= 11 is 0. The Morgan fingerprint density at radius 2 is 1.72 bits per heavy atom. The van der Waals surface area contributed by atoms with Crippen LogP contribution in [0.1, 0.15) is 6.92 Å². The number of nitrogens with two attached hydrogens (primary N) is 1. The largest absolute Gasteiger partial charge is 0.493 e. The molecule has 3 N–H and O–H groups in total. The smallest absolute Gasteiger partial charge is 0.273 e. The van der Waals surface area contributed by atoms with Crippen LogP contribution in [0.2, 0.25) is 0 Å². The highest BCUT2D eigenvalue weighted by atomic mass is 35.5. The summed E-state index contributed by atoms with van der Waals surface area (Å²) < 4.78 is 79.4. The van der Waals surface area contributed by atoms with Crippen molar-refractivity contribution >= 4 is 32.3 Å². The minimum Gasteiger partial charge on any atom is -0.493 e. The summed E-state index contributed by atoms with van der Waals surface area (Å²) in [6, 6.07) is 4.97. The Balaban J connectivity index is 0.00000576. The van der Waals surface area contributed by atoms with E-state index in [0.29, 0.717) is 0 Å². The molecule has 12 heteroatoms. The van der Waals surface area contributed by atoms with E-state index in [2.05, 4.69) is 0 Å². The molecule has 0 fully saturated rings. The van der Waals surface area contributed by atoms with Crippen molar-refractivity contribution in [3.8, 4) is 5.75 Å². The number of sulfone groups is 1. The standard InChI is InChI=1S/C13H20F2N2O5S2.ClH/c1-2-23(18,19)8-7-22-11-3-5-12(6-4-11)24(20,21)17-10-13(14,15)9-16;/h3-6,17H,2,7-10,16H2,1H3;1H. The molecule has 0 aliphatic carbocycles. The van der Waals surface area contributed by atoms with E-state index >= 15 is 0 Å². The first-order chi connectivity index (χ1) is 11.0. The van der Waals surface area contributed by atoms with Crippen molar-refractivity contribution in [2.75, 3.05) is 31.2 Å². The Bertz CT molecular complexity index is 740. The van der Waals surface area contributed by atoms with Gasteiger partial charge in [0.2, 0.25) is 10.0 Å². The van der Waals surface area contributed by atoms with Crippen molar-refractivity contribution < 1.29 is 30.4 Å². The molecule has 1 aromatic rings. The second-order valence-corrected chi connectivity index (χ2v) is 9.18. The highest BCUT2D eigenvalue weighted by Crippen LogP contribution is 2.17. The van der Waals surface area contributed by atoms with Gasteiger partial charge in [-0.2, -0.15) is 0 Å². The molecule has 0 unspecified atom stereocenters. The number of hydrogen-bond donors (Lipinski definition) is 2. The van der Waals surface area contributed by atoms with Crippen LogP contribution in [0, 0.1) is 0 Å². The molecular weight excluding hydrogens is 402 g/mol. The van der Waals surface area contributed by atoms with Gasteiger partial charge in [-0.3, -0.25) is 0 Å². The van der Waals surface area contributed by atoms with Crippen LogP contribution >= 0.6 is 12.4 Å². The first-order valence-electron chi connectivity index (χ1n) is 7.02. The number of sulfonamides is 1. The SMILES string of the molecule is CCS(=O)(=O)CCOc1ccc(S(=O)(=O)NCC(F)(F)CN)cc1.Cl. The highest BCUT2D eigenvalue weighted by Gasteiger charge is 2.29. The molecule has 1 aromatic carbocycles. The van der Waals surface area contributed by atoms with E-state index in [1.807, 2.05) is 0 Å². The molecule has 146 valence electrons. The monoisotopic (exact) mass is 422 g/mol. The number of nitrogens with one attached hydrogen (secondary N) is 1. The van der Waals surface area contributed by atoms with Gasteiger partial charge in [0.15, 0.2) is 9.84 Å². The van der Waals surface area contributed by atoms with Crippen molar-refractivity contribution in [3.63, 3.8) is 0 Å². The Hall–Kier alpha value is -1.01. The first-order valence-corrected chi connectivity index (χ1v) is 10.3. The number of benzene rings is 1. The zero-order valence-electron chi connectivity index (χ0n) is 13.4. The van der Waals surface area contributed by atoms with Gasteiger partial charge in [0.05, 0.1) is 23.7 Å². The molecule has 0 radical (unpaired) electrons. The normalized spacial score (nSPS) is 12.5. The molecule has 0 bridgehead atoms. The summed E-state index contributed by atoms with van der Waals surface area (Å²) in [5.41, 5.74) is 4.84. The molecule has 25 heavy (non-hydrogen) atoms. The summed E-state index contributed by atoms with van der Waals surface area (Å²) in [5.74, 6) is -3.21. The lowest BCUT2D eigenvalue weighted by Crippen LogP contribution is -2.41. The molecule has 0 saturated carbocycles. The highest BCUT2D eigenvalue weighted by molar-refractivity contribution is 7.91. The Morgan fingerprint density at radius 1 is 1.16 bits per heavy atom. The van der Waals surface area contributed by atoms with E-state index in [1.54, 1.807) is 4.72 Å². The van der Waals surface area contributed by atoms with Gasteiger partial charge < -0.3 is 10.5 Å². The van der Waals surface area contributed by atoms with E-state index < -0.39 is 38.9 Å². The van der Waals surface area contributed by atoms with Crippen molar-refractivity contribution in [2.24, 2.45) is 5.73 Å². The summed E-state index contributed by atoms with van der Waals surface area (Å²) in [4.78, 5) is -0.219. The summed E-state index contributed by atoms with van der Waals surface area (Å²) in [6.07, 6.45) is 0. The van der Waals surface area contributed by atoms with Gasteiger partial charge in [0.25, 0.3) is 5.92 Å². The molecule has 0 amide bonds. The topological polar surface area (TPSA) is 116 Å². The van der Waals surface area contributed by atoms with Gasteiger partial charge in [-0.25, -0.2) is 30.3 Å². The lowest BCUT2D eigenvalue weighted by Gasteiger charge is -2.15. The maximum atomic E-state index is 13.0. The third kappa shape index (κ3) is 8.27. The fourth-order valence-corrected chi connectivity index (χ4v) is 3.19. The van der Waals surface area contributed by atoms with E-state index in [0.717, 1.165) is 0 Å². The van der Waals surface area contributed by atoms with E-state index in [1.165, 1.54) is 31.2 Å². The third-order valence-corrected chi connectivity index (χ3v) is 6.14. The fourth-order valence-electron chi connectivity index (χ4n) is 1.50. The quantitative estimate of drug-likeness (QED) is 0.576. The van der Waals surface area contributed by atoms with Crippen LogP contribution in [0.15, 0.2) is 29.2 Å². The van der Waals surface area contributed by atoms with E-state index in [9.17, 15) is 25.6 Å². The van der Waals surface area contributed by atoms with Crippen molar-refractivity contribution in [1.82, 2.24) is 4.72 Å². The lowest BCUT2D eigenvalue weighted by molar-refractivity contribution is 0.0170. The maximum Gasteiger partial charge on any atom is 0.273 e. The van der Waals surface area contributed by atoms with E-state index in [4.69, 9.17) is 10.5 Å². The summed E-state index contributed by atoms with van der Waals surface area (Å²) in [5, 5.41) is 0. The van der Waals surface area contributed by atoms with Gasteiger partial charge >= 0.3 is 0 Å². The van der Waals surface area contributed by atoms with Crippen LogP contribution in [0.3, 0.4) is 0 Å². The number of ether oxygens (including phenoxy) is 1. The molecule has 0 atom stereocenters. The minimum absolute atomic E-state index is 0. The summed E-state index contributed by atoms with van der Waals surface area (Å²) in [7, 11) is -7.26. The zero-order valence-corrected chi connectivity index (χ0v) is 15.9. The average molecular weight is 423 g/mol. The van der Waals surface area contributed by atoms with Crippen LogP contribution in [-0.4, -0.2) is 54.0 Å². The van der Waals surface area contributed by atoms with E-state index in [-0.39, 0.29) is 41.2 Å². The van der Waals surface area contributed by atoms with Gasteiger partial charge in [-0.1, -0.05) is 6.92 Å².